The molecule has 5 nitrogen and oxygen atoms in total. The molecule has 8 heteroatoms. The van der Waals surface area contributed by atoms with Gasteiger partial charge in [-0.15, -0.1) is 0 Å². The third-order valence-corrected chi connectivity index (χ3v) is 5.48. The number of halogens is 3. The molecule has 1 atom stereocenters. The summed E-state index contributed by atoms with van der Waals surface area (Å²) in [6.07, 6.45) is -2.67. The molecule has 4 rings (SSSR count). The molecule has 2 aromatic carbocycles. The Labute approximate surface area is 179 Å². The molecule has 2 aromatic rings. The monoisotopic (exact) mass is 430 g/mol. The van der Waals surface area contributed by atoms with Gasteiger partial charge in [0, 0.05) is 38.5 Å². The maximum Gasteiger partial charge on any atom is 0.416 e. The van der Waals surface area contributed by atoms with Gasteiger partial charge in [-0.3, -0.25) is 0 Å². The highest BCUT2D eigenvalue weighted by atomic mass is 19.4. The molecule has 0 amide bonds. The lowest BCUT2D eigenvalue weighted by atomic mass is 10.0. The quantitative estimate of drug-likeness (QED) is 0.751. The molecule has 0 saturated carbocycles. The van der Waals surface area contributed by atoms with E-state index < -0.39 is 17.9 Å². The van der Waals surface area contributed by atoms with Crippen LogP contribution < -0.4 is 0 Å². The summed E-state index contributed by atoms with van der Waals surface area (Å²) < 4.78 is 41.3. The second kappa shape index (κ2) is 8.63. The first-order valence-electron chi connectivity index (χ1n) is 10.2. The number of hydrogen-bond donors (Lipinski definition) is 1. The van der Waals surface area contributed by atoms with Gasteiger partial charge >= 0.3 is 6.18 Å². The summed E-state index contributed by atoms with van der Waals surface area (Å²) in [6, 6.07) is 15.3. The summed E-state index contributed by atoms with van der Waals surface area (Å²) in [5.74, 6) is 0.679. The number of fused-ring (bicyclic) bond motifs is 1. The van der Waals surface area contributed by atoms with Crippen LogP contribution in [0.2, 0.25) is 0 Å². The highest BCUT2D eigenvalue weighted by Gasteiger charge is 2.41. The number of benzene rings is 2. The van der Waals surface area contributed by atoms with Crippen LogP contribution in [0.1, 0.15) is 29.3 Å². The van der Waals surface area contributed by atoms with Crippen LogP contribution in [0.4, 0.5) is 13.2 Å². The molecule has 2 aliphatic rings. The first kappa shape index (κ1) is 21.2. The lowest BCUT2D eigenvalue weighted by Crippen LogP contribution is -2.44. The third-order valence-electron chi connectivity index (χ3n) is 5.48. The summed E-state index contributed by atoms with van der Waals surface area (Å²) in [7, 11) is 1.89. The zero-order valence-corrected chi connectivity index (χ0v) is 17.3. The standard InChI is InChI=1S/C23H25F3N4O/c1-28-16-29(12-7-13-31)15-20-22(28)27-21(30(20)14-17-8-3-2-4-9-17)18-10-5-6-11-19(18)23(24,25)26/h2-6,8-11,15,21,31H,7,12-14,16H2,1H3. The Morgan fingerprint density at radius 2 is 1.77 bits per heavy atom. The van der Waals surface area contributed by atoms with E-state index in [1.165, 1.54) is 12.1 Å². The van der Waals surface area contributed by atoms with E-state index in [-0.39, 0.29) is 12.2 Å². The third kappa shape index (κ3) is 4.39. The van der Waals surface area contributed by atoms with E-state index in [0.29, 0.717) is 32.0 Å². The predicted molar refractivity (Wildman–Crippen MR) is 113 cm³/mol. The van der Waals surface area contributed by atoms with Crippen LogP contribution in [-0.2, 0) is 12.7 Å². The Balaban J connectivity index is 1.78. The summed E-state index contributed by atoms with van der Waals surface area (Å²) >= 11 is 0. The van der Waals surface area contributed by atoms with E-state index in [4.69, 9.17) is 4.99 Å². The number of aliphatic hydroxyl groups excluding tert-OH is 1. The molecule has 0 saturated heterocycles. The Hall–Kier alpha value is -3.00. The van der Waals surface area contributed by atoms with Crippen LogP contribution in [0, 0.1) is 0 Å². The fraction of sp³-hybridized carbons (Fsp3) is 0.348. The van der Waals surface area contributed by atoms with E-state index in [0.717, 1.165) is 17.3 Å². The molecule has 0 spiro atoms. The lowest BCUT2D eigenvalue weighted by molar-refractivity contribution is -0.138. The second-order valence-electron chi connectivity index (χ2n) is 7.77. The van der Waals surface area contributed by atoms with Crippen molar-refractivity contribution >= 4 is 5.84 Å². The lowest BCUT2D eigenvalue weighted by Gasteiger charge is -2.36. The highest BCUT2D eigenvalue weighted by molar-refractivity contribution is 6.00. The van der Waals surface area contributed by atoms with Gasteiger partial charge in [0.25, 0.3) is 0 Å². The average molecular weight is 430 g/mol. The molecule has 0 radical (unpaired) electrons. The number of hydrogen-bond acceptors (Lipinski definition) is 5. The Kier molecular flexibility index (Phi) is 5.91. The smallest absolute Gasteiger partial charge is 0.396 e. The molecule has 0 fully saturated rings. The van der Waals surface area contributed by atoms with Crippen LogP contribution in [-0.4, -0.2) is 52.5 Å². The van der Waals surface area contributed by atoms with Crippen molar-refractivity contribution in [1.82, 2.24) is 14.7 Å². The first-order chi connectivity index (χ1) is 14.9. The molecular formula is C23H25F3N4O. The van der Waals surface area contributed by atoms with Crippen molar-refractivity contribution in [2.24, 2.45) is 4.99 Å². The minimum absolute atomic E-state index is 0.0830. The number of nitrogens with zero attached hydrogens (tertiary/aromatic N) is 4. The number of rotatable bonds is 6. The fourth-order valence-corrected chi connectivity index (χ4v) is 4.07. The van der Waals surface area contributed by atoms with Gasteiger partial charge in [-0.05, 0) is 18.1 Å². The maximum atomic E-state index is 13.8. The normalized spacial score (nSPS) is 18.7. The fourth-order valence-electron chi connectivity index (χ4n) is 4.07. The van der Waals surface area contributed by atoms with Crippen LogP contribution in [0.25, 0.3) is 0 Å². The SMILES string of the molecule is CN1CN(CCCO)C=C2C1=NC(c1ccccc1C(F)(F)F)N2Cc1ccccc1. The zero-order valence-electron chi connectivity index (χ0n) is 17.3. The molecule has 0 aliphatic carbocycles. The van der Waals surface area contributed by atoms with Crippen LogP contribution in [0.5, 0.6) is 0 Å². The van der Waals surface area contributed by atoms with Crippen molar-refractivity contribution in [1.29, 1.82) is 0 Å². The van der Waals surface area contributed by atoms with Gasteiger partial charge in [-0.2, -0.15) is 13.2 Å². The zero-order chi connectivity index (χ0) is 22.0. The predicted octanol–water partition coefficient (Wildman–Crippen LogP) is 4.05. The molecule has 2 aliphatic heterocycles. The van der Waals surface area contributed by atoms with Crippen molar-refractivity contribution in [3.8, 4) is 0 Å². The molecule has 164 valence electrons. The van der Waals surface area contributed by atoms with Gasteiger partial charge in [0.2, 0.25) is 0 Å². The molecule has 0 aromatic heterocycles. The molecule has 0 bridgehead atoms. The number of aliphatic imine (C=N–C) groups is 1. The van der Waals surface area contributed by atoms with E-state index in [1.54, 1.807) is 6.07 Å². The van der Waals surface area contributed by atoms with E-state index >= 15 is 0 Å². The Morgan fingerprint density at radius 1 is 1.06 bits per heavy atom. The van der Waals surface area contributed by atoms with E-state index in [9.17, 15) is 18.3 Å². The largest absolute Gasteiger partial charge is 0.416 e. The summed E-state index contributed by atoms with van der Waals surface area (Å²) in [5, 5.41) is 9.19. The second-order valence-corrected chi connectivity index (χ2v) is 7.77. The number of aliphatic hydroxyl groups is 1. The minimum Gasteiger partial charge on any atom is -0.396 e. The van der Waals surface area contributed by atoms with Crippen molar-refractivity contribution < 1.29 is 18.3 Å². The van der Waals surface area contributed by atoms with E-state index in [2.05, 4.69) is 4.90 Å². The van der Waals surface area contributed by atoms with Gasteiger partial charge in [0.15, 0.2) is 12.0 Å². The van der Waals surface area contributed by atoms with Crippen molar-refractivity contribution in [3.63, 3.8) is 0 Å². The van der Waals surface area contributed by atoms with Crippen molar-refractivity contribution in [3.05, 3.63) is 83.2 Å². The average Bonchev–Trinajstić information content (AvgIpc) is 3.11. The molecular weight excluding hydrogens is 405 g/mol. The molecule has 1 N–H and O–H groups in total. The topological polar surface area (TPSA) is 42.3 Å². The van der Waals surface area contributed by atoms with Crippen LogP contribution in [0.15, 0.2) is 71.5 Å². The summed E-state index contributed by atoms with van der Waals surface area (Å²) in [4.78, 5) is 10.7. The van der Waals surface area contributed by atoms with Gasteiger partial charge in [-0.1, -0.05) is 48.5 Å². The van der Waals surface area contributed by atoms with Crippen molar-refractivity contribution in [2.75, 3.05) is 26.9 Å². The first-order valence-corrected chi connectivity index (χ1v) is 10.2. The highest BCUT2D eigenvalue weighted by Crippen LogP contribution is 2.42. The van der Waals surface area contributed by atoms with Crippen LogP contribution >= 0.6 is 0 Å². The minimum atomic E-state index is -4.46. The van der Waals surface area contributed by atoms with Crippen LogP contribution in [0.3, 0.4) is 0 Å². The molecule has 1 unspecified atom stereocenters. The number of likely N-dealkylation sites (N-methyl/N-ethyl adjacent to an activating group) is 1. The Morgan fingerprint density at radius 3 is 2.48 bits per heavy atom. The van der Waals surface area contributed by atoms with Gasteiger partial charge in [0.1, 0.15) is 0 Å². The maximum absolute atomic E-state index is 13.8. The molecule has 2 heterocycles. The summed E-state index contributed by atoms with van der Waals surface area (Å²) in [6.45, 7) is 1.73. The van der Waals surface area contributed by atoms with E-state index in [1.807, 2.05) is 53.4 Å². The number of amidine groups is 1. The molecule has 31 heavy (non-hydrogen) atoms. The number of alkyl halides is 3. The van der Waals surface area contributed by atoms with Gasteiger partial charge in [0.05, 0.1) is 17.9 Å². The van der Waals surface area contributed by atoms with Gasteiger partial charge in [-0.25, -0.2) is 4.99 Å². The van der Waals surface area contributed by atoms with Crippen molar-refractivity contribution in [2.45, 2.75) is 25.3 Å². The Bertz CT molecular complexity index is 974. The summed E-state index contributed by atoms with van der Waals surface area (Å²) in [5.41, 5.74) is 1.26. The van der Waals surface area contributed by atoms with Gasteiger partial charge < -0.3 is 19.8 Å².